The number of hydrogen-bond acceptors (Lipinski definition) is 10. The molecule has 0 spiro atoms. The molecule has 0 heterocycles. The normalized spacial score (nSPS) is 14.2. The predicted molar refractivity (Wildman–Crippen MR) is 229 cm³/mol. The van der Waals surface area contributed by atoms with Crippen LogP contribution in [0.2, 0.25) is 0 Å². The number of rotatable bonds is 16. The van der Waals surface area contributed by atoms with Gasteiger partial charge in [-0.1, -0.05) is 53.1 Å². The average molecular weight is 878 g/mol. The molecule has 0 N–H and O–H groups in total. The van der Waals surface area contributed by atoms with Gasteiger partial charge in [-0.05, 0) is 140 Å². The SMILES string of the molecule is COC(=O)C(C)(C)N(C(C)(C)C(C)(C)N(C(C)(C)C(C)(C)N(C(C)(C)C(=O)OC)S(=O)(=O)c1ccc(C)cc1)S(=O)(=O)c1ccc(C)cc1)S(=O)(=O)c1ccc(C)cc1. The van der Waals surface area contributed by atoms with Crippen molar-refractivity contribution in [1.82, 2.24) is 12.9 Å². The topological polar surface area (TPSA) is 165 Å². The Morgan fingerprint density at radius 1 is 0.390 bits per heavy atom. The molecule has 0 fully saturated rings. The van der Waals surface area contributed by atoms with Gasteiger partial charge in [0.2, 0.25) is 30.1 Å². The van der Waals surface area contributed by atoms with E-state index in [1.165, 1.54) is 119 Å². The molecule has 3 rings (SSSR count). The van der Waals surface area contributed by atoms with Gasteiger partial charge < -0.3 is 9.47 Å². The summed E-state index contributed by atoms with van der Waals surface area (Å²) in [5.41, 5.74) is -9.12. The number of carbonyl (C=O) groups is 2. The molecule has 13 nitrogen and oxygen atoms in total. The van der Waals surface area contributed by atoms with Gasteiger partial charge in [-0.25, -0.2) is 25.3 Å². The van der Waals surface area contributed by atoms with Crippen LogP contribution < -0.4 is 0 Å². The Morgan fingerprint density at radius 3 is 0.780 bits per heavy atom. The highest BCUT2D eigenvalue weighted by Gasteiger charge is 2.66. The fourth-order valence-electron chi connectivity index (χ4n) is 8.01. The molecule has 0 bridgehead atoms. The third-order valence-corrected chi connectivity index (χ3v) is 18.9. The molecule has 0 atom stereocenters. The van der Waals surface area contributed by atoms with E-state index in [2.05, 4.69) is 0 Å². The Morgan fingerprint density at radius 2 is 0.576 bits per heavy atom. The highest BCUT2D eigenvalue weighted by atomic mass is 32.2. The van der Waals surface area contributed by atoms with E-state index in [-0.39, 0.29) is 14.7 Å². The fraction of sp³-hybridized carbons (Fsp3) is 0.535. The fourth-order valence-corrected chi connectivity index (χ4v) is 14.7. The van der Waals surface area contributed by atoms with Crippen molar-refractivity contribution in [3.05, 3.63) is 89.5 Å². The number of benzene rings is 3. The van der Waals surface area contributed by atoms with E-state index < -0.39 is 75.2 Å². The second kappa shape index (κ2) is 16.3. The first kappa shape index (κ1) is 49.7. The summed E-state index contributed by atoms with van der Waals surface area (Å²) in [6.07, 6.45) is 0. The second-order valence-corrected chi connectivity index (χ2v) is 23.4. The number of aryl methyl sites for hydroxylation is 3. The molecule has 16 heteroatoms. The first-order valence-electron chi connectivity index (χ1n) is 19.1. The minimum absolute atomic E-state index is 0.160. The summed E-state index contributed by atoms with van der Waals surface area (Å²) in [6.45, 7) is 23.1. The maximum absolute atomic E-state index is 15.7. The van der Waals surface area contributed by atoms with E-state index in [0.717, 1.165) is 43.8 Å². The summed E-state index contributed by atoms with van der Waals surface area (Å²) < 4.78 is 105. The van der Waals surface area contributed by atoms with Crippen molar-refractivity contribution < 1.29 is 44.3 Å². The van der Waals surface area contributed by atoms with Crippen molar-refractivity contribution in [3.63, 3.8) is 0 Å². The predicted octanol–water partition coefficient (Wildman–Crippen LogP) is 7.00. The summed E-state index contributed by atoms with van der Waals surface area (Å²) in [4.78, 5) is 27.0. The summed E-state index contributed by atoms with van der Waals surface area (Å²) in [6, 6.07) is 18.1. The van der Waals surface area contributed by atoms with Crippen molar-refractivity contribution in [2.45, 2.75) is 152 Å². The Labute approximate surface area is 353 Å². The Balaban J connectivity index is 2.63. The number of nitrogens with zero attached hydrogens (tertiary/aromatic N) is 3. The first-order valence-corrected chi connectivity index (χ1v) is 23.4. The summed E-state index contributed by atoms with van der Waals surface area (Å²) in [5.74, 6) is -1.83. The van der Waals surface area contributed by atoms with E-state index in [1.807, 2.05) is 0 Å². The third kappa shape index (κ3) is 8.50. The van der Waals surface area contributed by atoms with Crippen LogP contribution in [0.4, 0.5) is 0 Å². The molecule has 328 valence electrons. The maximum Gasteiger partial charge on any atom is 0.326 e. The number of sulfonamides is 3. The van der Waals surface area contributed by atoms with E-state index in [9.17, 15) is 9.59 Å². The van der Waals surface area contributed by atoms with E-state index in [1.54, 1.807) is 57.2 Å². The molecule has 0 aromatic heterocycles. The number of esters is 2. The van der Waals surface area contributed by atoms with Crippen LogP contribution in [0.15, 0.2) is 87.5 Å². The van der Waals surface area contributed by atoms with Crippen LogP contribution >= 0.6 is 0 Å². The number of carbonyl (C=O) groups excluding carboxylic acids is 2. The van der Waals surface area contributed by atoms with Crippen LogP contribution in [0.25, 0.3) is 0 Å². The van der Waals surface area contributed by atoms with E-state index >= 15 is 25.3 Å². The third-order valence-electron chi connectivity index (χ3n) is 12.1. The zero-order valence-electron chi connectivity index (χ0n) is 37.6. The molecule has 3 aromatic rings. The van der Waals surface area contributed by atoms with Gasteiger partial charge in [0.1, 0.15) is 11.1 Å². The molecule has 0 radical (unpaired) electrons. The van der Waals surface area contributed by atoms with Gasteiger partial charge in [0.25, 0.3) is 0 Å². The van der Waals surface area contributed by atoms with Gasteiger partial charge in [-0.3, -0.25) is 9.59 Å². The van der Waals surface area contributed by atoms with Gasteiger partial charge in [0, 0.05) is 0 Å². The van der Waals surface area contributed by atoms with Gasteiger partial charge in [0.05, 0.1) is 51.1 Å². The number of methoxy groups -OCH3 is 2. The lowest BCUT2D eigenvalue weighted by Crippen LogP contribution is -2.79. The van der Waals surface area contributed by atoms with Gasteiger partial charge in [-0.15, -0.1) is 0 Å². The highest BCUT2D eigenvalue weighted by Crippen LogP contribution is 2.51. The van der Waals surface area contributed by atoms with Gasteiger partial charge >= 0.3 is 11.9 Å². The van der Waals surface area contributed by atoms with Crippen molar-refractivity contribution in [2.75, 3.05) is 14.2 Å². The largest absolute Gasteiger partial charge is 0.468 e. The standard InChI is InChI=1S/C43H63N3O10S3/c1-30-18-24-33(25-19-30)57(49,50)44(38(4,5)36(47)55-16)40(8,9)42(12,13)46(59(53,54)35-28-22-32(3)23-29-35)43(14,15)41(10,11)45(39(6,7)37(48)56-17)58(51,52)34-26-20-31(2)21-27-34/h18-29H,1-17H3. The van der Waals surface area contributed by atoms with Crippen molar-refractivity contribution in [1.29, 1.82) is 0 Å². The zero-order chi connectivity index (χ0) is 45.8. The van der Waals surface area contributed by atoms with Crippen molar-refractivity contribution in [3.8, 4) is 0 Å². The van der Waals surface area contributed by atoms with Crippen LogP contribution in [0.5, 0.6) is 0 Å². The highest BCUT2D eigenvalue weighted by molar-refractivity contribution is 7.90. The van der Waals surface area contributed by atoms with Crippen LogP contribution in [-0.4, -0.2) is 97.6 Å². The molecule has 3 aromatic carbocycles. The molecular weight excluding hydrogens is 815 g/mol. The lowest BCUT2D eigenvalue weighted by Gasteiger charge is -2.63. The summed E-state index contributed by atoms with van der Waals surface area (Å²) in [5, 5.41) is 0. The lowest BCUT2D eigenvalue weighted by molar-refractivity contribution is -0.157. The summed E-state index contributed by atoms with van der Waals surface area (Å²) >= 11 is 0. The van der Waals surface area contributed by atoms with Gasteiger partial charge in [0.15, 0.2) is 0 Å². The van der Waals surface area contributed by atoms with E-state index in [0.29, 0.717) is 0 Å². The van der Waals surface area contributed by atoms with Crippen LogP contribution in [0.3, 0.4) is 0 Å². The Bertz CT molecular complexity index is 2240. The molecule has 0 aliphatic carbocycles. The first-order chi connectivity index (χ1) is 26.6. The molecule has 0 aliphatic rings. The molecule has 0 saturated carbocycles. The summed E-state index contributed by atoms with van der Waals surface area (Å²) in [7, 11) is -11.9. The quantitative estimate of drug-likeness (QED) is 0.137. The smallest absolute Gasteiger partial charge is 0.326 e. The monoisotopic (exact) mass is 877 g/mol. The second-order valence-electron chi connectivity index (χ2n) is 18.1. The van der Waals surface area contributed by atoms with Crippen molar-refractivity contribution >= 4 is 42.0 Å². The average Bonchev–Trinajstić information content (AvgIpc) is 3.10. The zero-order valence-corrected chi connectivity index (χ0v) is 40.0. The van der Waals surface area contributed by atoms with Crippen LogP contribution in [0, 0.1) is 20.8 Å². The molecule has 0 saturated heterocycles. The van der Waals surface area contributed by atoms with E-state index in [4.69, 9.17) is 9.47 Å². The van der Waals surface area contributed by atoms with Crippen LogP contribution in [0.1, 0.15) is 99.8 Å². The number of ether oxygens (including phenoxy) is 2. The minimum Gasteiger partial charge on any atom is -0.468 e. The van der Waals surface area contributed by atoms with Crippen LogP contribution in [-0.2, 0) is 49.1 Å². The molecule has 59 heavy (non-hydrogen) atoms. The minimum atomic E-state index is -4.78. The van der Waals surface area contributed by atoms with Crippen molar-refractivity contribution in [2.24, 2.45) is 0 Å². The Hall–Kier alpha value is -3.67. The molecule has 0 unspecified atom stereocenters. The maximum atomic E-state index is 15.7. The Kier molecular flexibility index (Phi) is 13.7. The molecular formula is C43H63N3O10S3. The molecule has 0 amide bonds. The van der Waals surface area contributed by atoms with Gasteiger partial charge in [-0.2, -0.15) is 12.9 Å². The molecule has 0 aliphatic heterocycles. The number of hydrogen-bond donors (Lipinski definition) is 0. The lowest BCUT2D eigenvalue weighted by atomic mass is 9.73.